The minimum absolute atomic E-state index is 0.0269. The molecule has 1 aliphatic heterocycles. The highest BCUT2D eigenvalue weighted by Crippen LogP contribution is 2.43. The van der Waals surface area contributed by atoms with Crippen molar-refractivity contribution < 1.29 is 4.79 Å². The molecule has 1 N–H and O–H groups in total. The standard InChI is InChI=1S/C13H14ClNO/c14-11-6-2-5-9-10(7-8-3-1-4-8)13(16)15-12(9)11/h2,5-6,8,10H,1,3-4,7H2,(H,15,16). The lowest BCUT2D eigenvalue weighted by Gasteiger charge is -2.27. The minimum atomic E-state index is 0.0269. The molecule has 0 aromatic heterocycles. The summed E-state index contributed by atoms with van der Waals surface area (Å²) in [5.74, 6) is 0.884. The molecule has 1 amide bonds. The first-order chi connectivity index (χ1) is 7.75. The second kappa shape index (κ2) is 3.77. The zero-order chi connectivity index (χ0) is 11.1. The Morgan fingerprint density at radius 2 is 2.19 bits per heavy atom. The van der Waals surface area contributed by atoms with Gasteiger partial charge in [0.05, 0.1) is 16.6 Å². The maximum Gasteiger partial charge on any atom is 0.232 e. The van der Waals surface area contributed by atoms with Crippen LogP contribution < -0.4 is 5.32 Å². The van der Waals surface area contributed by atoms with Gasteiger partial charge in [-0.25, -0.2) is 0 Å². The Balaban J connectivity index is 1.89. The number of hydrogen-bond acceptors (Lipinski definition) is 1. The second-order valence-electron chi connectivity index (χ2n) is 4.78. The number of fused-ring (bicyclic) bond motifs is 1. The van der Waals surface area contributed by atoms with Gasteiger partial charge in [-0.05, 0) is 24.0 Å². The highest BCUT2D eigenvalue weighted by Gasteiger charge is 2.34. The third kappa shape index (κ3) is 1.52. The number of rotatable bonds is 2. The number of hydrogen-bond donors (Lipinski definition) is 1. The summed E-state index contributed by atoms with van der Waals surface area (Å²) in [5, 5.41) is 3.55. The maximum atomic E-state index is 11.9. The van der Waals surface area contributed by atoms with Gasteiger partial charge in [0, 0.05) is 0 Å². The number of benzene rings is 1. The lowest BCUT2D eigenvalue weighted by Crippen LogP contribution is -2.19. The lowest BCUT2D eigenvalue weighted by atomic mass is 9.77. The molecule has 3 rings (SSSR count). The normalized spacial score (nSPS) is 23.8. The number of nitrogens with one attached hydrogen (secondary N) is 1. The molecule has 1 aromatic rings. The zero-order valence-corrected chi connectivity index (χ0v) is 9.76. The number of para-hydroxylation sites is 1. The third-order valence-corrected chi connectivity index (χ3v) is 4.09. The van der Waals surface area contributed by atoms with Crippen molar-refractivity contribution in [1.82, 2.24) is 0 Å². The minimum Gasteiger partial charge on any atom is -0.324 e. The molecule has 0 spiro atoms. The van der Waals surface area contributed by atoms with Crippen LogP contribution in [0.15, 0.2) is 18.2 Å². The van der Waals surface area contributed by atoms with Crippen molar-refractivity contribution in [2.45, 2.75) is 31.6 Å². The molecular weight excluding hydrogens is 222 g/mol. The van der Waals surface area contributed by atoms with Gasteiger partial charge >= 0.3 is 0 Å². The van der Waals surface area contributed by atoms with Crippen LogP contribution in [0.5, 0.6) is 0 Å². The molecule has 2 nitrogen and oxygen atoms in total. The van der Waals surface area contributed by atoms with Gasteiger partial charge in [-0.15, -0.1) is 0 Å². The number of carbonyl (C=O) groups excluding carboxylic acids is 1. The van der Waals surface area contributed by atoms with Crippen molar-refractivity contribution >= 4 is 23.2 Å². The maximum absolute atomic E-state index is 11.9. The van der Waals surface area contributed by atoms with Crippen LogP contribution in [0.4, 0.5) is 5.69 Å². The van der Waals surface area contributed by atoms with Gasteiger partial charge in [-0.1, -0.05) is 43.0 Å². The molecule has 1 aliphatic carbocycles. The van der Waals surface area contributed by atoms with E-state index in [1.54, 1.807) is 0 Å². The Kier molecular flexibility index (Phi) is 2.40. The molecule has 2 aliphatic rings. The Hall–Kier alpha value is -1.02. The molecule has 1 fully saturated rings. The topological polar surface area (TPSA) is 29.1 Å². The van der Waals surface area contributed by atoms with Crippen LogP contribution in [0, 0.1) is 5.92 Å². The van der Waals surface area contributed by atoms with E-state index in [0.717, 1.165) is 23.6 Å². The molecule has 1 unspecified atom stereocenters. The van der Waals surface area contributed by atoms with Crippen molar-refractivity contribution in [3.05, 3.63) is 28.8 Å². The van der Waals surface area contributed by atoms with Crippen molar-refractivity contribution in [3.63, 3.8) is 0 Å². The van der Waals surface area contributed by atoms with E-state index in [1.807, 2.05) is 18.2 Å². The number of amides is 1. The van der Waals surface area contributed by atoms with E-state index in [-0.39, 0.29) is 11.8 Å². The van der Waals surface area contributed by atoms with Crippen LogP contribution in [0.25, 0.3) is 0 Å². The number of carbonyl (C=O) groups is 1. The van der Waals surface area contributed by atoms with Gasteiger partial charge in [-0.3, -0.25) is 4.79 Å². The summed E-state index contributed by atoms with van der Waals surface area (Å²) in [4.78, 5) is 11.9. The summed E-state index contributed by atoms with van der Waals surface area (Å²) >= 11 is 6.07. The fourth-order valence-electron chi connectivity index (χ4n) is 2.61. The molecule has 3 heteroatoms. The average molecular weight is 236 g/mol. The van der Waals surface area contributed by atoms with Crippen LogP contribution >= 0.6 is 11.6 Å². The first kappa shape index (κ1) is 10.2. The predicted octanol–water partition coefficient (Wildman–Crippen LogP) is 3.57. The molecular formula is C13H14ClNO. The molecule has 0 bridgehead atoms. The van der Waals surface area contributed by atoms with E-state index in [0.29, 0.717) is 5.02 Å². The third-order valence-electron chi connectivity index (χ3n) is 3.78. The summed E-state index contributed by atoms with van der Waals surface area (Å²) in [7, 11) is 0. The van der Waals surface area contributed by atoms with Gasteiger partial charge in [0.1, 0.15) is 0 Å². The van der Waals surface area contributed by atoms with Crippen LogP contribution in [0.1, 0.15) is 37.2 Å². The van der Waals surface area contributed by atoms with E-state index in [2.05, 4.69) is 5.32 Å². The van der Waals surface area contributed by atoms with Crippen LogP contribution in [-0.4, -0.2) is 5.91 Å². The van der Waals surface area contributed by atoms with Crippen LogP contribution in [-0.2, 0) is 4.79 Å². The highest BCUT2D eigenvalue weighted by atomic mass is 35.5. The molecule has 1 aromatic carbocycles. The van der Waals surface area contributed by atoms with Gasteiger partial charge in [0.25, 0.3) is 0 Å². The van der Waals surface area contributed by atoms with E-state index in [1.165, 1.54) is 19.3 Å². The van der Waals surface area contributed by atoms with E-state index in [4.69, 9.17) is 11.6 Å². The molecule has 1 saturated carbocycles. The van der Waals surface area contributed by atoms with Crippen LogP contribution in [0.2, 0.25) is 5.02 Å². The van der Waals surface area contributed by atoms with Crippen LogP contribution in [0.3, 0.4) is 0 Å². The zero-order valence-electron chi connectivity index (χ0n) is 9.00. The van der Waals surface area contributed by atoms with Crippen molar-refractivity contribution in [1.29, 1.82) is 0 Å². The smallest absolute Gasteiger partial charge is 0.232 e. The van der Waals surface area contributed by atoms with E-state index >= 15 is 0 Å². The number of halogens is 1. The van der Waals surface area contributed by atoms with E-state index in [9.17, 15) is 4.79 Å². The Labute approximate surface area is 100.0 Å². The highest BCUT2D eigenvalue weighted by molar-refractivity contribution is 6.34. The van der Waals surface area contributed by atoms with Crippen molar-refractivity contribution in [2.24, 2.45) is 5.92 Å². The van der Waals surface area contributed by atoms with Gasteiger partial charge < -0.3 is 5.32 Å². The number of anilines is 1. The largest absolute Gasteiger partial charge is 0.324 e. The van der Waals surface area contributed by atoms with Crippen molar-refractivity contribution in [3.8, 4) is 0 Å². The Bertz CT molecular complexity index is 440. The predicted molar refractivity (Wildman–Crippen MR) is 64.8 cm³/mol. The molecule has 84 valence electrons. The summed E-state index contributed by atoms with van der Waals surface area (Å²) in [5.41, 5.74) is 1.92. The molecule has 16 heavy (non-hydrogen) atoms. The average Bonchev–Trinajstić information content (AvgIpc) is 2.51. The van der Waals surface area contributed by atoms with Crippen molar-refractivity contribution in [2.75, 3.05) is 5.32 Å². The van der Waals surface area contributed by atoms with Gasteiger partial charge in [-0.2, -0.15) is 0 Å². The molecule has 1 atom stereocenters. The monoisotopic (exact) mass is 235 g/mol. The second-order valence-corrected chi connectivity index (χ2v) is 5.19. The van der Waals surface area contributed by atoms with Gasteiger partial charge in [0.2, 0.25) is 5.91 Å². The Morgan fingerprint density at radius 1 is 1.38 bits per heavy atom. The fraction of sp³-hybridized carbons (Fsp3) is 0.462. The molecule has 0 radical (unpaired) electrons. The fourth-order valence-corrected chi connectivity index (χ4v) is 2.84. The lowest BCUT2D eigenvalue weighted by molar-refractivity contribution is -0.117. The quantitative estimate of drug-likeness (QED) is 0.834. The summed E-state index contributed by atoms with van der Waals surface area (Å²) in [6.07, 6.45) is 4.86. The molecule has 1 heterocycles. The summed E-state index contributed by atoms with van der Waals surface area (Å²) < 4.78 is 0. The summed E-state index contributed by atoms with van der Waals surface area (Å²) in [6.45, 7) is 0. The van der Waals surface area contributed by atoms with Gasteiger partial charge in [0.15, 0.2) is 0 Å². The summed E-state index contributed by atoms with van der Waals surface area (Å²) in [6, 6.07) is 5.77. The first-order valence-electron chi connectivity index (χ1n) is 5.85. The Morgan fingerprint density at radius 3 is 2.88 bits per heavy atom. The first-order valence-corrected chi connectivity index (χ1v) is 6.23. The molecule has 0 saturated heterocycles. The van der Waals surface area contributed by atoms with E-state index < -0.39 is 0 Å². The SMILES string of the molecule is O=C1Nc2c(Cl)cccc2C1CC1CCC1.